The van der Waals surface area contributed by atoms with Gasteiger partial charge in [0.05, 0.1) is 16.7 Å². The van der Waals surface area contributed by atoms with Crippen LogP contribution in [0.15, 0.2) is 36.4 Å². The van der Waals surface area contributed by atoms with Crippen molar-refractivity contribution in [3.63, 3.8) is 0 Å². The number of rotatable bonds is 6. The van der Waals surface area contributed by atoms with Crippen LogP contribution in [0.5, 0.6) is 0 Å². The molecule has 158 valence electrons. The van der Waals surface area contributed by atoms with E-state index in [1.807, 2.05) is 30.9 Å². The molecule has 0 radical (unpaired) electrons. The number of carbonyl (C=O) groups excluding carboxylic acids is 3. The molecule has 0 aliphatic carbocycles. The van der Waals surface area contributed by atoms with E-state index >= 15 is 0 Å². The number of anilines is 2. The minimum atomic E-state index is -1.16. The average Bonchev–Trinajstić information content (AvgIpc) is 2.91. The topological polar surface area (TPSA) is 107 Å². The molecule has 2 aromatic carbocycles. The molecule has 8 heteroatoms. The fraction of sp³-hybridized carbons (Fsp3) is 0.273. The van der Waals surface area contributed by atoms with Gasteiger partial charge in [-0.3, -0.25) is 19.3 Å². The number of nitrogens with one attached hydrogen (secondary N) is 1. The molecule has 0 saturated heterocycles. The lowest BCUT2D eigenvalue weighted by molar-refractivity contribution is -0.114. The molecule has 0 bridgehead atoms. The zero-order chi connectivity index (χ0) is 21.3. The van der Waals surface area contributed by atoms with E-state index in [4.69, 9.17) is 5.11 Å². The Morgan fingerprint density at radius 2 is 1.73 bits per heavy atom. The van der Waals surface area contributed by atoms with Crippen molar-refractivity contribution < 1.29 is 24.3 Å². The minimum Gasteiger partial charge on any atom is -0.478 e. The van der Waals surface area contributed by atoms with Gasteiger partial charge in [0.15, 0.2) is 0 Å². The number of hydrogen-bond acceptors (Lipinski definition) is 5. The largest absolute Gasteiger partial charge is 0.478 e. The van der Waals surface area contributed by atoms with E-state index in [-0.39, 0.29) is 36.7 Å². The Morgan fingerprint density at radius 1 is 1.07 bits per heavy atom. The van der Waals surface area contributed by atoms with Gasteiger partial charge < -0.3 is 15.3 Å². The lowest BCUT2D eigenvalue weighted by atomic mass is 10.1. The summed E-state index contributed by atoms with van der Waals surface area (Å²) in [5.74, 6) is -2.34. The van der Waals surface area contributed by atoms with Crippen LogP contribution in [0.3, 0.4) is 0 Å². The Kier molecular flexibility index (Phi) is 6.61. The summed E-state index contributed by atoms with van der Waals surface area (Å²) >= 11 is 0. The fourth-order valence-corrected chi connectivity index (χ4v) is 3.22. The SMILES string of the molecule is C.CCN(CN1C(=O)c2ccc(C(=O)O)cc2C1=O)c1ccc(C)c(NC(C)=O)c1. The van der Waals surface area contributed by atoms with Crippen LogP contribution in [0.2, 0.25) is 0 Å². The molecule has 1 aliphatic rings. The number of carboxylic acids is 1. The summed E-state index contributed by atoms with van der Waals surface area (Å²) in [6.07, 6.45) is 0. The van der Waals surface area contributed by atoms with Crippen LogP contribution < -0.4 is 10.2 Å². The maximum absolute atomic E-state index is 12.8. The monoisotopic (exact) mass is 411 g/mol. The normalized spacial score (nSPS) is 12.3. The molecule has 3 rings (SSSR count). The molecule has 3 amide bonds. The van der Waals surface area contributed by atoms with Crippen LogP contribution in [0.1, 0.15) is 57.9 Å². The van der Waals surface area contributed by atoms with Gasteiger partial charge in [0.25, 0.3) is 11.8 Å². The van der Waals surface area contributed by atoms with Gasteiger partial charge in [-0.05, 0) is 49.7 Å². The zero-order valence-corrected chi connectivity index (χ0v) is 16.4. The molecule has 1 heterocycles. The number of hydrogen-bond donors (Lipinski definition) is 2. The van der Waals surface area contributed by atoms with Crippen molar-refractivity contribution in [2.75, 3.05) is 23.4 Å². The summed E-state index contributed by atoms with van der Waals surface area (Å²) in [6, 6.07) is 9.41. The second kappa shape index (κ2) is 8.77. The third kappa shape index (κ3) is 4.17. The average molecular weight is 411 g/mol. The van der Waals surface area contributed by atoms with Crippen LogP contribution in [-0.4, -0.2) is 46.9 Å². The molecule has 30 heavy (non-hydrogen) atoms. The van der Waals surface area contributed by atoms with Crippen molar-refractivity contribution in [2.24, 2.45) is 0 Å². The predicted molar refractivity (Wildman–Crippen MR) is 114 cm³/mol. The Bertz CT molecular complexity index is 1030. The van der Waals surface area contributed by atoms with Crippen molar-refractivity contribution in [3.8, 4) is 0 Å². The summed E-state index contributed by atoms with van der Waals surface area (Å²) in [5, 5.41) is 11.9. The van der Waals surface area contributed by atoms with Gasteiger partial charge in [-0.15, -0.1) is 0 Å². The van der Waals surface area contributed by atoms with Gasteiger partial charge in [-0.25, -0.2) is 4.79 Å². The van der Waals surface area contributed by atoms with Crippen LogP contribution >= 0.6 is 0 Å². The molecule has 0 fully saturated rings. The molecule has 0 unspecified atom stereocenters. The van der Waals surface area contributed by atoms with Crippen molar-refractivity contribution >= 4 is 35.1 Å². The van der Waals surface area contributed by atoms with E-state index in [1.165, 1.54) is 25.1 Å². The Morgan fingerprint density at radius 3 is 2.33 bits per heavy atom. The Balaban J connectivity index is 0.00000320. The first kappa shape index (κ1) is 22.6. The van der Waals surface area contributed by atoms with E-state index < -0.39 is 17.8 Å². The highest BCUT2D eigenvalue weighted by atomic mass is 16.4. The molecular weight excluding hydrogens is 386 g/mol. The van der Waals surface area contributed by atoms with E-state index in [0.717, 1.165) is 16.2 Å². The van der Waals surface area contributed by atoms with Crippen molar-refractivity contribution in [2.45, 2.75) is 28.2 Å². The highest BCUT2D eigenvalue weighted by Crippen LogP contribution is 2.27. The molecule has 0 aromatic heterocycles. The number of fused-ring (bicyclic) bond motifs is 1. The lowest BCUT2D eigenvalue weighted by Crippen LogP contribution is -2.41. The van der Waals surface area contributed by atoms with Crippen LogP contribution in [0, 0.1) is 6.92 Å². The summed E-state index contributed by atoms with van der Waals surface area (Å²) in [6.45, 7) is 5.70. The quantitative estimate of drug-likeness (QED) is 0.706. The van der Waals surface area contributed by atoms with E-state index in [9.17, 15) is 19.2 Å². The molecule has 0 spiro atoms. The Hall–Kier alpha value is -3.68. The first-order chi connectivity index (χ1) is 13.7. The van der Waals surface area contributed by atoms with Crippen LogP contribution in [-0.2, 0) is 4.79 Å². The first-order valence-electron chi connectivity index (χ1n) is 9.09. The summed E-state index contributed by atoms with van der Waals surface area (Å²) in [5.41, 5.74) is 2.53. The van der Waals surface area contributed by atoms with E-state index in [0.29, 0.717) is 12.2 Å². The molecule has 8 nitrogen and oxygen atoms in total. The minimum absolute atomic E-state index is 0. The van der Waals surface area contributed by atoms with Crippen LogP contribution in [0.4, 0.5) is 11.4 Å². The molecular formula is C22H25N3O5. The zero-order valence-electron chi connectivity index (χ0n) is 16.4. The van der Waals surface area contributed by atoms with Gasteiger partial charge in [-0.2, -0.15) is 0 Å². The lowest BCUT2D eigenvalue weighted by Gasteiger charge is -2.28. The van der Waals surface area contributed by atoms with Gasteiger partial charge in [-0.1, -0.05) is 13.5 Å². The van der Waals surface area contributed by atoms with Crippen molar-refractivity contribution in [1.82, 2.24) is 4.90 Å². The standard InChI is InChI=1S/C21H21N3O5.CH4/c1-4-23(15-7-5-12(2)18(10-15)22-13(3)25)11-24-19(26)16-8-6-14(21(28)29)9-17(16)20(24)27;/h5-10H,4,11H2,1-3H3,(H,22,25)(H,28,29);1H4. The van der Waals surface area contributed by atoms with Gasteiger partial charge in [0.2, 0.25) is 5.91 Å². The molecule has 1 aliphatic heterocycles. The number of carbonyl (C=O) groups is 4. The third-order valence-electron chi connectivity index (χ3n) is 4.81. The number of aromatic carboxylic acids is 1. The second-order valence-corrected chi connectivity index (χ2v) is 6.78. The first-order valence-corrected chi connectivity index (χ1v) is 9.09. The summed E-state index contributed by atoms with van der Waals surface area (Å²) in [4.78, 5) is 51.0. The smallest absolute Gasteiger partial charge is 0.335 e. The van der Waals surface area contributed by atoms with Crippen LogP contribution in [0.25, 0.3) is 0 Å². The van der Waals surface area contributed by atoms with Gasteiger partial charge in [0.1, 0.15) is 6.67 Å². The van der Waals surface area contributed by atoms with Crippen molar-refractivity contribution in [1.29, 1.82) is 0 Å². The summed E-state index contributed by atoms with van der Waals surface area (Å²) in [7, 11) is 0. The summed E-state index contributed by atoms with van der Waals surface area (Å²) < 4.78 is 0. The number of aryl methyl sites for hydroxylation is 1. The molecule has 2 aromatic rings. The van der Waals surface area contributed by atoms with Gasteiger partial charge in [0, 0.05) is 24.8 Å². The number of benzene rings is 2. The maximum Gasteiger partial charge on any atom is 0.335 e. The number of amides is 3. The van der Waals surface area contributed by atoms with E-state index in [1.54, 1.807) is 6.07 Å². The highest BCUT2D eigenvalue weighted by Gasteiger charge is 2.37. The third-order valence-corrected chi connectivity index (χ3v) is 4.81. The maximum atomic E-state index is 12.8. The molecule has 0 atom stereocenters. The van der Waals surface area contributed by atoms with E-state index in [2.05, 4.69) is 5.32 Å². The van der Waals surface area contributed by atoms with Crippen molar-refractivity contribution in [3.05, 3.63) is 58.7 Å². The Labute approximate surface area is 175 Å². The number of imide groups is 1. The molecule has 2 N–H and O–H groups in total. The highest BCUT2D eigenvalue weighted by molar-refractivity contribution is 6.22. The second-order valence-electron chi connectivity index (χ2n) is 6.78. The fourth-order valence-electron chi connectivity index (χ4n) is 3.22. The predicted octanol–water partition coefficient (Wildman–Crippen LogP) is 3.37. The number of nitrogens with zero attached hydrogens (tertiary/aromatic N) is 2. The molecule has 0 saturated carbocycles. The number of carboxylic acid groups (broad SMARTS) is 1. The van der Waals surface area contributed by atoms with Gasteiger partial charge >= 0.3 is 5.97 Å².